The van der Waals surface area contributed by atoms with Gasteiger partial charge in [0.2, 0.25) is 11.8 Å². The molecule has 1 aliphatic rings. The van der Waals surface area contributed by atoms with E-state index in [0.717, 1.165) is 0 Å². The number of rotatable bonds is 8. The highest BCUT2D eigenvalue weighted by Crippen LogP contribution is 2.22. The number of ether oxygens (including phenoxy) is 1. The average molecular weight is 425 g/mol. The fourth-order valence-electron chi connectivity index (χ4n) is 2.77. The SMILES string of the molecule is COCCN1CC(C(=O)Nc2ccc(S(=O)(=O)Nc3nccs3)cc2)CC1=O. The second-order valence-corrected chi connectivity index (χ2v) is 8.77. The molecule has 11 heteroatoms. The lowest BCUT2D eigenvalue weighted by atomic mass is 10.1. The lowest BCUT2D eigenvalue weighted by Crippen LogP contribution is -2.30. The van der Waals surface area contributed by atoms with Crippen LogP contribution in [0.15, 0.2) is 40.7 Å². The molecule has 1 saturated heterocycles. The van der Waals surface area contributed by atoms with E-state index in [1.807, 2.05) is 0 Å². The molecule has 0 saturated carbocycles. The molecule has 2 N–H and O–H groups in total. The van der Waals surface area contributed by atoms with E-state index >= 15 is 0 Å². The van der Waals surface area contributed by atoms with Crippen molar-refractivity contribution in [3.8, 4) is 0 Å². The van der Waals surface area contributed by atoms with Crippen LogP contribution in [-0.2, 0) is 24.3 Å². The second kappa shape index (κ2) is 8.67. The normalized spacial score (nSPS) is 17.0. The molecular formula is C17H20N4O5S2. The van der Waals surface area contributed by atoms with Gasteiger partial charge in [-0.05, 0) is 24.3 Å². The van der Waals surface area contributed by atoms with Crippen LogP contribution in [0, 0.1) is 5.92 Å². The van der Waals surface area contributed by atoms with Gasteiger partial charge in [-0.25, -0.2) is 13.4 Å². The highest BCUT2D eigenvalue weighted by Gasteiger charge is 2.34. The smallest absolute Gasteiger partial charge is 0.263 e. The van der Waals surface area contributed by atoms with Gasteiger partial charge in [-0.1, -0.05) is 0 Å². The summed E-state index contributed by atoms with van der Waals surface area (Å²) in [6.07, 6.45) is 1.66. The van der Waals surface area contributed by atoms with E-state index in [-0.39, 0.29) is 28.3 Å². The van der Waals surface area contributed by atoms with Gasteiger partial charge in [-0.3, -0.25) is 14.3 Å². The minimum Gasteiger partial charge on any atom is -0.383 e. The molecule has 2 heterocycles. The molecule has 28 heavy (non-hydrogen) atoms. The number of hydrogen-bond acceptors (Lipinski definition) is 7. The molecule has 1 aliphatic heterocycles. The van der Waals surface area contributed by atoms with Gasteiger partial charge in [0.15, 0.2) is 5.13 Å². The van der Waals surface area contributed by atoms with Gasteiger partial charge < -0.3 is 15.0 Å². The fourth-order valence-corrected chi connectivity index (χ4v) is 4.56. The van der Waals surface area contributed by atoms with E-state index < -0.39 is 15.9 Å². The number of carbonyl (C=O) groups excluding carboxylic acids is 2. The third-order valence-corrected chi connectivity index (χ3v) is 6.41. The monoisotopic (exact) mass is 424 g/mol. The van der Waals surface area contributed by atoms with Crippen molar-refractivity contribution in [3.05, 3.63) is 35.8 Å². The average Bonchev–Trinajstić information content (AvgIpc) is 3.29. The summed E-state index contributed by atoms with van der Waals surface area (Å²) >= 11 is 1.18. The Bertz CT molecular complexity index is 929. The van der Waals surface area contributed by atoms with Crippen LogP contribution < -0.4 is 10.0 Å². The molecule has 150 valence electrons. The van der Waals surface area contributed by atoms with Crippen LogP contribution in [0.4, 0.5) is 10.8 Å². The summed E-state index contributed by atoms with van der Waals surface area (Å²) in [4.78, 5) is 29.9. The van der Waals surface area contributed by atoms with E-state index in [1.54, 1.807) is 17.4 Å². The van der Waals surface area contributed by atoms with E-state index in [9.17, 15) is 18.0 Å². The predicted octanol–water partition coefficient (Wildman–Crippen LogP) is 1.38. The van der Waals surface area contributed by atoms with Crippen LogP contribution in [-0.4, -0.2) is 56.9 Å². The van der Waals surface area contributed by atoms with Crippen molar-refractivity contribution in [1.82, 2.24) is 9.88 Å². The number of nitrogens with zero attached hydrogens (tertiary/aromatic N) is 2. The number of thiazole rings is 1. The summed E-state index contributed by atoms with van der Waals surface area (Å²) in [5.74, 6) is -0.795. The Labute approximate surface area is 166 Å². The Balaban J connectivity index is 1.60. The maximum Gasteiger partial charge on any atom is 0.263 e. The maximum atomic E-state index is 12.4. The summed E-state index contributed by atoms with van der Waals surface area (Å²) in [6, 6.07) is 5.81. The van der Waals surface area contributed by atoms with Gasteiger partial charge in [-0.15, -0.1) is 11.3 Å². The molecule has 0 radical (unpaired) electrons. The summed E-state index contributed by atoms with van der Waals surface area (Å²) in [6.45, 7) is 1.22. The number of aromatic nitrogens is 1. The van der Waals surface area contributed by atoms with Crippen molar-refractivity contribution in [2.45, 2.75) is 11.3 Å². The van der Waals surface area contributed by atoms with Crippen LogP contribution in [0.2, 0.25) is 0 Å². The van der Waals surface area contributed by atoms with Gasteiger partial charge in [-0.2, -0.15) is 0 Å². The summed E-state index contributed by atoms with van der Waals surface area (Å²) < 4.78 is 32.0. The number of hydrogen-bond donors (Lipinski definition) is 2. The first-order valence-electron chi connectivity index (χ1n) is 8.49. The molecular weight excluding hydrogens is 404 g/mol. The quantitative estimate of drug-likeness (QED) is 0.661. The number of amides is 2. The van der Waals surface area contributed by atoms with Crippen molar-refractivity contribution >= 4 is 44.0 Å². The standard InChI is InChI=1S/C17H20N4O5S2/c1-26-8-7-21-11-12(10-15(21)22)16(23)19-13-2-4-14(5-3-13)28(24,25)20-17-18-6-9-27-17/h2-6,9,12H,7-8,10-11H2,1H3,(H,18,20)(H,19,23). The minimum atomic E-state index is -3.75. The zero-order valence-corrected chi connectivity index (χ0v) is 16.8. The summed E-state index contributed by atoms with van der Waals surface area (Å²) in [5.41, 5.74) is 0.459. The zero-order chi connectivity index (χ0) is 20.1. The van der Waals surface area contributed by atoms with Crippen LogP contribution in [0.25, 0.3) is 0 Å². The first kappa shape index (κ1) is 20.2. The minimum absolute atomic E-state index is 0.0579. The number of nitrogens with one attached hydrogen (secondary N) is 2. The van der Waals surface area contributed by atoms with Gasteiger partial charge in [0.1, 0.15) is 0 Å². The zero-order valence-electron chi connectivity index (χ0n) is 15.1. The Hall–Kier alpha value is -2.50. The number of benzene rings is 1. The van der Waals surface area contributed by atoms with Gasteiger partial charge >= 0.3 is 0 Å². The Morgan fingerprint density at radius 3 is 2.75 bits per heavy atom. The topological polar surface area (TPSA) is 118 Å². The van der Waals surface area contributed by atoms with E-state index in [1.165, 1.54) is 41.8 Å². The number of anilines is 2. The lowest BCUT2D eigenvalue weighted by molar-refractivity contribution is -0.128. The van der Waals surface area contributed by atoms with Gasteiger partial charge in [0.25, 0.3) is 10.0 Å². The molecule has 3 rings (SSSR count). The molecule has 1 fully saturated rings. The highest BCUT2D eigenvalue weighted by molar-refractivity contribution is 7.93. The third kappa shape index (κ3) is 4.86. The van der Waals surface area contributed by atoms with Crippen molar-refractivity contribution in [1.29, 1.82) is 0 Å². The van der Waals surface area contributed by atoms with E-state index in [0.29, 0.717) is 25.4 Å². The molecule has 0 bridgehead atoms. The number of sulfonamides is 1. The van der Waals surface area contributed by atoms with Crippen molar-refractivity contribution < 1.29 is 22.7 Å². The van der Waals surface area contributed by atoms with Crippen LogP contribution in [0.1, 0.15) is 6.42 Å². The number of likely N-dealkylation sites (tertiary alicyclic amines) is 1. The van der Waals surface area contributed by atoms with Crippen LogP contribution in [0.3, 0.4) is 0 Å². The molecule has 2 amide bonds. The largest absolute Gasteiger partial charge is 0.383 e. The lowest BCUT2D eigenvalue weighted by Gasteiger charge is -2.15. The highest BCUT2D eigenvalue weighted by atomic mass is 32.2. The van der Waals surface area contributed by atoms with Crippen molar-refractivity contribution in [2.75, 3.05) is 36.8 Å². The molecule has 1 unspecified atom stereocenters. The first-order valence-corrected chi connectivity index (χ1v) is 10.9. The predicted molar refractivity (Wildman–Crippen MR) is 105 cm³/mol. The second-order valence-electron chi connectivity index (χ2n) is 6.19. The van der Waals surface area contributed by atoms with Crippen LogP contribution in [0.5, 0.6) is 0 Å². The van der Waals surface area contributed by atoms with Gasteiger partial charge in [0.05, 0.1) is 17.4 Å². The van der Waals surface area contributed by atoms with Crippen molar-refractivity contribution in [2.24, 2.45) is 5.92 Å². The number of carbonyl (C=O) groups is 2. The molecule has 1 aromatic heterocycles. The Morgan fingerprint density at radius 1 is 1.36 bits per heavy atom. The maximum absolute atomic E-state index is 12.4. The van der Waals surface area contributed by atoms with Crippen molar-refractivity contribution in [3.63, 3.8) is 0 Å². The summed E-state index contributed by atoms with van der Waals surface area (Å²) in [5, 5.41) is 4.68. The molecule has 2 aromatic rings. The number of methoxy groups -OCH3 is 1. The molecule has 0 spiro atoms. The summed E-state index contributed by atoms with van der Waals surface area (Å²) in [7, 11) is -2.19. The van der Waals surface area contributed by atoms with Gasteiger partial charge in [0, 0.05) is 43.9 Å². The Kier molecular flexibility index (Phi) is 6.27. The first-order chi connectivity index (χ1) is 13.4. The van der Waals surface area contributed by atoms with E-state index in [2.05, 4.69) is 15.0 Å². The Morgan fingerprint density at radius 2 is 2.11 bits per heavy atom. The third-order valence-electron chi connectivity index (χ3n) is 4.24. The molecule has 1 atom stereocenters. The molecule has 1 aromatic carbocycles. The van der Waals surface area contributed by atoms with Crippen LogP contribution >= 0.6 is 11.3 Å². The molecule has 0 aliphatic carbocycles. The fraction of sp³-hybridized carbons (Fsp3) is 0.353. The van der Waals surface area contributed by atoms with E-state index in [4.69, 9.17) is 4.74 Å². The molecule has 9 nitrogen and oxygen atoms in total.